The first kappa shape index (κ1) is 15.5. The quantitative estimate of drug-likeness (QED) is 0.502. The van der Waals surface area contributed by atoms with Crippen LogP contribution in [0.4, 0.5) is 0 Å². The van der Waals surface area contributed by atoms with Crippen LogP contribution in [0.15, 0.2) is 10.3 Å². The molecule has 4 fully saturated rings. The first-order valence-corrected chi connectivity index (χ1v) is 9.44. The number of oxime groups is 2. The Bertz CT molecular complexity index is 558. The molecule has 0 amide bonds. The third kappa shape index (κ3) is 2.02. The molecule has 4 saturated carbocycles. The molecular formula is C19H30N2O2. The van der Waals surface area contributed by atoms with Gasteiger partial charge in [-0.05, 0) is 86.9 Å². The van der Waals surface area contributed by atoms with Gasteiger partial charge in [0.25, 0.3) is 0 Å². The second kappa shape index (κ2) is 5.22. The average Bonchev–Trinajstić information content (AvgIpc) is 2.90. The molecule has 4 nitrogen and oxygen atoms in total. The van der Waals surface area contributed by atoms with E-state index in [9.17, 15) is 5.21 Å². The van der Waals surface area contributed by atoms with Crippen molar-refractivity contribution in [3.63, 3.8) is 0 Å². The van der Waals surface area contributed by atoms with Crippen LogP contribution in [0.25, 0.3) is 0 Å². The maximum Gasteiger partial charge on any atom is 0.0632 e. The summed E-state index contributed by atoms with van der Waals surface area (Å²) in [6.45, 7) is 4.86. The lowest BCUT2D eigenvalue weighted by Crippen LogP contribution is -2.53. The van der Waals surface area contributed by atoms with Crippen LogP contribution < -0.4 is 0 Å². The highest BCUT2D eigenvalue weighted by atomic mass is 16.4. The maximum atomic E-state index is 9.41. The van der Waals surface area contributed by atoms with Crippen molar-refractivity contribution >= 4 is 11.4 Å². The molecule has 23 heavy (non-hydrogen) atoms. The van der Waals surface area contributed by atoms with Gasteiger partial charge in [-0.3, -0.25) is 0 Å². The minimum Gasteiger partial charge on any atom is -0.411 e. The highest BCUT2D eigenvalue weighted by Gasteiger charge is 2.59. The van der Waals surface area contributed by atoms with Gasteiger partial charge in [-0.25, -0.2) is 0 Å². The molecule has 4 heteroatoms. The summed E-state index contributed by atoms with van der Waals surface area (Å²) >= 11 is 0. The SMILES string of the molecule is C[C@]12CC/C(=N/O)C[C@@H]1CC[C@@H]1[C@H]2CC[C@]2(C)/C(=N\O)CC[C@H]12. The van der Waals surface area contributed by atoms with E-state index in [1.165, 1.54) is 38.5 Å². The Morgan fingerprint density at radius 2 is 1.74 bits per heavy atom. The Kier molecular flexibility index (Phi) is 3.51. The van der Waals surface area contributed by atoms with Gasteiger partial charge in [-0.15, -0.1) is 0 Å². The fourth-order valence-electron chi connectivity index (χ4n) is 7.10. The molecule has 0 saturated heterocycles. The van der Waals surface area contributed by atoms with Gasteiger partial charge in [-0.2, -0.15) is 0 Å². The first-order valence-electron chi connectivity index (χ1n) is 9.44. The van der Waals surface area contributed by atoms with Gasteiger partial charge in [0, 0.05) is 5.41 Å². The summed E-state index contributed by atoms with van der Waals surface area (Å²) in [5.74, 6) is 3.00. The molecule has 4 aliphatic rings. The van der Waals surface area contributed by atoms with Gasteiger partial charge in [0.05, 0.1) is 11.4 Å². The van der Waals surface area contributed by atoms with E-state index in [0.717, 1.165) is 42.5 Å². The van der Waals surface area contributed by atoms with Crippen LogP contribution in [0.1, 0.15) is 71.6 Å². The van der Waals surface area contributed by atoms with E-state index in [1.54, 1.807) is 0 Å². The minimum absolute atomic E-state index is 0.144. The van der Waals surface area contributed by atoms with Gasteiger partial charge >= 0.3 is 0 Å². The second-order valence-electron chi connectivity index (χ2n) is 9.07. The number of hydrogen-bond donors (Lipinski definition) is 2. The molecule has 0 bridgehead atoms. The summed E-state index contributed by atoms with van der Waals surface area (Å²) in [6.07, 6.45) is 10.4. The zero-order valence-electron chi connectivity index (χ0n) is 14.5. The normalized spacial score (nSPS) is 53.0. The zero-order chi connectivity index (χ0) is 16.2. The predicted molar refractivity (Wildman–Crippen MR) is 90.2 cm³/mol. The van der Waals surface area contributed by atoms with E-state index in [0.29, 0.717) is 17.3 Å². The second-order valence-corrected chi connectivity index (χ2v) is 9.07. The lowest BCUT2D eigenvalue weighted by atomic mass is 9.45. The van der Waals surface area contributed by atoms with Crippen molar-refractivity contribution in [2.24, 2.45) is 44.8 Å². The summed E-state index contributed by atoms with van der Waals surface area (Å²) < 4.78 is 0. The lowest BCUT2D eigenvalue weighted by Gasteiger charge is -2.59. The fraction of sp³-hybridized carbons (Fsp3) is 0.895. The first-order chi connectivity index (χ1) is 11.0. The molecule has 0 aliphatic heterocycles. The van der Waals surface area contributed by atoms with Crippen molar-refractivity contribution in [1.29, 1.82) is 0 Å². The van der Waals surface area contributed by atoms with E-state index in [1.807, 2.05) is 0 Å². The summed E-state index contributed by atoms with van der Waals surface area (Å²) in [5.41, 5.74) is 2.64. The van der Waals surface area contributed by atoms with Gasteiger partial charge in [0.2, 0.25) is 0 Å². The van der Waals surface area contributed by atoms with Crippen molar-refractivity contribution in [2.45, 2.75) is 71.6 Å². The molecule has 4 aliphatic carbocycles. The number of nitrogens with zero attached hydrogens (tertiary/aromatic N) is 2. The van der Waals surface area contributed by atoms with Crippen molar-refractivity contribution in [1.82, 2.24) is 0 Å². The molecule has 0 aromatic rings. The Morgan fingerprint density at radius 1 is 0.913 bits per heavy atom. The molecule has 6 atom stereocenters. The number of hydrogen-bond acceptors (Lipinski definition) is 4. The van der Waals surface area contributed by atoms with Gasteiger partial charge < -0.3 is 10.4 Å². The third-order valence-corrected chi connectivity index (χ3v) is 8.50. The zero-order valence-corrected chi connectivity index (χ0v) is 14.5. The lowest BCUT2D eigenvalue weighted by molar-refractivity contribution is -0.0819. The Hall–Kier alpha value is -1.06. The van der Waals surface area contributed by atoms with Crippen LogP contribution in [0.5, 0.6) is 0 Å². The maximum absolute atomic E-state index is 9.41. The monoisotopic (exact) mass is 318 g/mol. The topological polar surface area (TPSA) is 65.2 Å². The largest absolute Gasteiger partial charge is 0.411 e. The predicted octanol–water partition coefficient (Wildman–Crippen LogP) is 4.69. The van der Waals surface area contributed by atoms with E-state index in [2.05, 4.69) is 24.2 Å². The average molecular weight is 318 g/mol. The third-order valence-electron chi connectivity index (χ3n) is 8.50. The Labute approximate surface area is 139 Å². The Balaban J connectivity index is 1.63. The van der Waals surface area contributed by atoms with Crippen molar-refractivity contribution in [3.05, 3.63) is 0 Å². The summed E-state index contributed by atoms with van der Waals surface area (Å²) in [6, 6.07) is 0. The molecule has 0 radical (unpaired) electrons. The summed E-state index contributed by atoms with van der Waals surface area (Å²) in [5, 5.41) is 25.8. The highest BCUT2D eigenvalue weighted by Crippen LogP contribution is 2.65. The van der Waals surface area contributed by atoms with Crippen LogP contribution in [-0.4, -0.2) is 21.8 Å². The molecule has 4 rings (SSSR count). The molecular weight excluding hydrogens is 288 g/mol. The molecule has 0 heterocycles. The molecule has 0 spiro atoms. The molecule has 0 aromatic heterocycles. The van der Waals surface area contributed by atoms with E-state index in [-0.39, 0.29) is 5.41 Å². The Morgan fingerprint density at radius 3 is 2.48 bits per heavy atom. The highest BCUT2D eigenvalue weighted by molar-refractivity contribution is 5.92. The van der Waals surface area contributed by atoms with Crippen LogP contribution >= 0.6 is 0 Å². The summed E-state index contributed by atoms with van der Waals surface area (Å²) in [7, 11) is 0. The van der Waals surface area contributed by atoms with E-state index >= 15 is 0 Å². The van der Waals surface area contributed by atoms with Gasteiger partial charge in [-0.1, -0.05) is 24.2 Å². The molecule has 2 N–H and O–H groups in total. The van der Waals surface area contributed by atoms with Crippen molar-refractivity contribution in [3.8, 4) is 0 Å². The standard InChI is InChI=1S/C19H30N2O2/c1-18-9-7-13(20-22)11-12(18)3-4-14-15-5-6-17(21-23)19(15,2)10-8-16(14)18/h12,14-16,22-23H,3-11H2,1-2H3/b20-13-,21-17-/t12-,14-,15+,16+,18-,19-/m0/s1. The van der Waals surface area contributed by atoms with Gasteiger partial charge in [0.15, 0.2) is 0 Å². The summed E-state index contributed by atoms with van der Waals surface area (Å²) in [4.78, 5) is 0. The van der Waals surface area contributed by atoms with Gasteiger partial charge in [0.1, 0.15) is 0 Å². The van der Waals surface area contributed by atoms with Crippen molar-refractivity contribution < 1.29 is 10.4 Å². The fourth-order valence-corrected chi connectivity index (χ4v) is 7.10. The molecule has 128 valence electrons. The van der Waals surface area contributed by atoms with Crippen LogP contribution in [0.3, 0.4) is 0 Å². The minimum atomic E-state index is 0.144. The van der Waals surface area contributed by atoms with E-state index in [4.69, 9.17) is 5.21 Å². The smallest absolute Gasteiger partial charge is 0.0632 e. The number of rotatable bonds is 0. The van der Waals surface area contributed by atoms with E-state index < -0.39 is 0 Å². The van der Waals surface area contributed by atoms with Crippen LogP contribution in [0, 0.1) is 34.5 Å². The number of fused-ring (bicyclic) bond motifs is 5. The molecule has 0 aromatic carbocycles. The van der Waals surface area contributed by atoms with Crippen molar-refractivity contribution in [2.75, 3.05) is 0 Å². The van der Waals surface area contributed by atoms with Crippen LogP contribution in [-0.2, 0) is 0 Å². The van der Waals surface area contributed by atoms with Crippen LogP contribution in [0.2, 0.25) is 0 Å². The molecule has 0 unspecified atom stereocenters.